The number of benzene rings is 1. The fourth-order valence-electron chi connectivity index (χ4n) is 0.587. The largest absolute Gasteiger partial charge is 0.399 e. The number of hydrogen-bond donors (Lipinski definition) is 2. The molecule has 50 valence electrons. The lowest BCUT2D eigenvalue weighted by Crippen LogP contribution is -1.85. The summed E-state index contributed by atoms with van der Waals surface area (Å²) < 4.78 is 0. The Morgan fingerprint density at radius 3 is 2.11 bits per heavy atom. The summed E-state index contributed by atoms with van der Waals surface area (Å²) in [5.41, 5.74) is 7.53. The van der Waals surface area contributed by atoms with Gasteiger partial charge < -0.3 is 11.9 Å². The molecule has 0 bridgehead atoms. The second kappa shape index (κ2) is 3.10. The topological polar surface area (TPSA) is 61.0 Å². The van der Waals surface area contributed by atoms with Gasteiger partial charge in [0.05, 0.1) is 0 Å². The van der Waals surface area contributed by atoms with Crippen LogP contribution in [0.5, 0.6) is 0 Å². The highest BCUT2D eigenvalue weighted by molar-refractivity contribution is 5.44. The van der Waals surface area contributed by atoms with Crippen LogP contribution in [0.15, 0.2) is 24.3 Å². The Morgan fingerprint density at radius 2 is 1.78 bits per heavy atom. The number of anilines is 1. The molecule has 0 saturated carbocycles. The normalized spacial score (nSPS) is 8.11. The van der Waals surface area contributed by atoms with Crippen LogP contribution in [0.4, 0.5) is 5.69 Å². The average Bonchev–Trinajstić information content (AvgIpc) is 1.77. The molecule has 0 atom stereocenters. The van der Waals surface area contributed by atoms with Crippen LogP contribution in [0.25, 0.3) is 0 Å². The van der Waals surface area contributed by atoms with E-state index in [1.807, 2.05) is 31.2 Å². The number of aryl methyl sites for hydroxylation is 1. The van der Waals surface area contributed by atoms with Crippen LogP contribution >= 0.6 is 0 Å². The van der Waals surface area contributed by atoms with E-state index in [0.29, 0.717) is 0 Å². The average molecular weight is 124 g/mol. The Kier molecular flexibility index (Phi) is 2.74. The molecule has 0 spiro atoms. The molecule has 1 rings (SSSR count). The van der Waals surface area contributed by atoms with Crippen LogP contribution < -0.4 is 11.9 Å². The predicted molar refractivity (Wildman–Crippen MR) is 40.6 cm³/mol. The molecule has 5 N–H and O–H groups in total. The van der Waals surface area contributed by atoms with Crippen LogP contribution in [0.3, 0.4) is 0 Å². The Labute approximate surface area is 55.3 Å². The fraction of sp³-hybridized carbons (Fsp3) is 0.143. The van der Waals surface area contributed by atoms with E-state index >= 15 is 0 Å². The van der Waals surface area contributed by atoms with E-state index in [-0.39, 0.29) is 6.15 Å². The standard InChI is InChI=1S/C7H9N.H3N/c1-6-4-2-3-5-7(6)8;/h2-5H,8H2,1H3;1H3. The van der Waals surface area contributed by atoms with Crippen LogP contribution in [0.1, 0.15) is 5.56 Å². The molecule has 0 amide bonds. The highest BCUT2D eigenvalue weighted by Gasteiger charge is 1.84. The van der Waals surface area contributed by atoms with Crippen LogP contribution in [0, 0.1) is 6.92 Å². The van der Waals surface area contributed by atoms with Gasteiger partial charge in [0.1, 0.15) is 0 Å². The fourth-order valence-corrected chi connectivity index (χ4v) is 0.587. The first kappa shape index (κ1) is 7.98. The van der Waals surface area contributed by atoms with E-state index < -0.39 is 0 Å². The van der Waals surface area contributed by atoms with Gasteiger partial charge in [-0.1, -0.05) is 18.2 Å². The van der Waals surface area contributed by atoms with Gasteiger partial charge in [-0.25, -0.2) is 0 Å². The van der Waals surface area contributed by atoms with Gasteiger partial charge in [0.25, 0.3) is 0 Å². The maximum absolute atomic E-state index is 5.52. The SMILES string of the molecule is Cc1ccccc1N.N. The molecule has 0 aliphatic heterocycles. The van der Waals surface area contributed by atoms with Crippen molar-refractivity contribution >= 4 is 5.69 Å². The third-order valence-electron chi connectivity index (χ3n) is 1.19. The van der Waals surface area contributed by atoms with E-state index in [4.69, 9.17) is 5.73 Å². The summed E-state index contributed by atoms with van der Waals surface area (Å²) in [6, 6.07) is 7.80. The molecule has 2 heteroatoms. The maximum atomic E-state index is 5.52. The van der Waals surface area contributed by atoms with Crippen molar-refractivity contribution in [1.82, 2.24) is 6.15 Å². The highest BCUT2D eigenvalue weighted by Crippen LogP contribution is 2.06. The molecule has 0 fully saturated rings. The molecule has 0 aliphatic rings. The second-order valence-electron chi connectivity index (χ2n) is 1.86. The lowest BCUT2D eigenvalue weighted by Gasteiger charge is -1.93. The first-order valence-corrected chi connectivity index (χ1v) is 2.62. The van der Waals surface area contributed by atoms with E-state index in [2.05, 4.69) is 0 Å². The number of nitrogens with two attached hydrogens (primary N) is 1. The Balaban J connectivity index is 0.000000640. The predicted octanol–water partition coefficient (Wildman–Crippen LogP) is 1.74. The van der Waals surface area contributed by atoms with E-state index in [1.165, 1.54) is 0 Å². The first-order valence-electron chi connectivity index (χ1n) is 2.62. The van der Waals surface area contributed by atoms with E-state index in [9.17, 15) is 0 Å². The molecule has 0 saturated heterocycles. The molecule has 0 heterocycles. The maximum Gasteiger partial charge on any atom is 0.0343 e. The summed E-state index contributed by atoms with van der Waals surface area (Å²) >= 11 is 0. The summed E-state index contributed by atoms with van der Waals surface area (Å²) in [4.78, 5) is 0. The van der Waals surface area contributed by atoms with Gasteiger partial charge in [-0.15, -0.1) is 0 Å². The van der Waals surface area contributed by atoms with Gasteiger partial charge in [-0.2, -0.15) is 0 Å². The number of rotatable bonds is 0. The van der Waals surface area contributed by atoms with Gasteiger partial charge in [0.15, 0.2) is 0 Å². The smallest absolute Gasteiger partial charge is 0.0343 e. The Hall–Kier alpha value is -1.02. The third-order valence-corrected chi connectivity index (χ3v) is 1.19. The van der Waals surface area contributed by atoms with Crippen molar-refractivity contribution in [2.24, 2.45) is 0 Å². The van der Waals surface area contributed by atoms with Gasteiger partial charge in [-0.05, 0) is 18.6 Å². The zero-order chi connectivity index (χ0) is 5.98. The molecule has 0 unspecified atom stereocenters. The molecule has 2 nitrogen and oxygen atoms in total. The summed E-state index contributed by atoms with van der Waals surface area (Å²) in [7, 11) is 0. The zero-order valence-electron chi connectivity index (χ0n) is 5.59. The van der Waals surface area contributed by atoms with E-state index in [0.717, 1.165) is 11.3 Å². The monoisotopic (exact) mass is 124 g/mol. The summed E-state index contributed by atoms with van der Waals surface area (Å²) in [5.74, 6) is 0. The minimum absolute atomic E-state index is 0. The van der Waals surface area contributed by atoms with Crippen molar-refractivity contribution in [1.29, 1.82) is 0 Å². The van der Waals surface area contributed by atoms with Crippen molar-refractivity contribution in [3.63, 3.8) is 0 Å². The van der Waals surface area contributed by atoms with E-state index in [1.54, 1.807) is 0 Å². The number of para-hydroxylation sites is 1. The molecule has 0 aliphatic carbocycles. The molecular weight excluding hydrogens is 112 g/mol. The van der Waals surface area contributed by atoms with Gasteiger partial charge in [0, 0.05) is 5.69 Å². The summed E-state index contributed by atoms with van der Waals surface area (Å²) in [5, 5.41) is 0. The molecule has 1 aromatic carbocycles. The molecule has 1 aromatic rings. The second-order valence-corrected chi connectivity index (χ2v) is 1.86. The number of hydrogen-bond acceptors (Lipinski definition) is 2. The van der Waals surface area contributed by atoms with Crippen molar-refractivity contribution in [3.05, 3.63) is 29.8 Å². The summed E-state index contributed by atoms with van der Waals surface area (Å²) in [6.07, 6.45) is 0. The van der Waals surface area contributed by atoms with Crippen LogP contribution in [-0.4, -0.2) is 0 Å². The molecule has 0 radical (unpaired) electrons. The Morgan fingerprint density at radius 1 is 1.22 bits per heavy atom. The minimum atomic E-state index is 0. The number of nitrogen functional groups attached to an aromatic ring is 1. The lowest BCUT2D eigenvalue weighted by molar-refractivity contribution is 1.47. The van der Waals surface area contributed by atoms with Crippen molar-refractivity contribution in [3.8, 4) is 0 Å². The lowest BCUT2D eigenvalue weighted by atomic mass is 10.2. The van der Waals surface area contributed by atoms with Gasteiger partial charge in [0.2, 0.25) is 0 Å². The van der Waals surface area contributed by atoms with Gasteiger partial charge in [-0.3, -0.25) is 0 Å². The molecule has 0 aromatic heterocycles. The van der Waals surface area contributed by atoms with Crippen LogP contribution in [0.2, 0.25) is 0 Å². The van der Waals surface area contributed by atoms with Crippen molar-refractivity contribution < 1.29 is 0 Å². The molecular formula is C7H12N2. The first-order chi connectivity index (χ1) is 3.80. The minimum Gasteiger partial charge on any atom is -0.399 e. The highest BCUT2D eigenvalue weighted by atomic mass is 14.5. The summed E-state index contributed by atoms with van der Waals surface area (Å²) in [6.45, 7) is 2.00. The van der Waals surface area contributed by atoms with Crippen molar-refractivity contribution in [2.45, 2.75) is 6.92 Å². The van der Waals surface area contributed by atoms with Crippen molar-refractivity contribution in [2.75, 3.05) is 5.73 Å². The Bertz CT molecular complexity index is 163. The van der Waals surface area contributed by atoms with Crippen LogP contribution in [-0.2, 0) is 0 Å². The van der Waals surface area contributed by atoms with Gasteiger partial charge >= 0.3 is 0 Å². The zero-order valence-corrected chi connectivity index (χ0v) is 5.59. The quantitative estimate of drug-likeness (QED) is 0.517. The molecule has 9 heavy (non-hydrogen) atoms. The third kappa shape index (κ3) is 1.74.